The largest absolute Gasteiger partial charge is 0.478 e. The number of nitrogens with one attached hydrogen (secondary N) is 1. The van der Waals surface area contributed by atoms with Crippen LogP contribution in [0, 0.1) is 6.92 Å². The Hall–Kier alpha value is -2.67. The van der Waals surface area contributed by atoms with E-state index in [1.54, 1.807) is 18.2 Å². The predicted octanol–water partition coefficient (Wildman–Crippen LogP) is 1.98. The lowest BCUT2D eigenvalue weighted by atomic mass is 10.2. The number of piperazine rings is 1. The summed E-state index contributed by atoms with van der Waals surface area (Å²) in [4.78, 5) is 24.7. The lowest BCUT2D eigenvalue weighted by Gasteiger charge is -2.32. The van der Waals surface area contributed by atoms with Gasteiger partial charge in [0.1, 0.15) is 5.82 Å². The average molecular weight is 327 g/mol. The van der Waals surface area contributed by atoms with E-state index < -0.39 is 5.97 Å². The topological polar surface area (TPSA) is 81.6 Å². The summed E-state index contributed by atoms with van der Waals surface area (Å²) in [6.07, 6.45) is 0. The molecule has 1 fully saturated rings. The number of carboxylic acid groups (broad SMARTS) is 1. The van der Waals surface area contributed by atoms with Crippen molar-refractivity contribution in [3.63, 3.8) is 0 Å². The van der Waals surface area contributed by atoms with Crippen LogP contribution >= 0.6 is 0 Å². The minimum atomic E-state index is -0.948. The number of carbonyl (C=O) groups is 1. The van der Waals surface area contributed by atoms with Crippen molar-refractivity contribution in [2.24, 2.45) is 0 Å². The van der Waals surface area contributed by atoms with Crippen LogP contribution in [0.3, 0.4) is 0 Å². The molecule has 3 rings (SSSR count). The molecule has 0 bridgehead atoms. The monoisotopic (exact) mass is 327 g/mol. The maximum Gasteiger partial charge on any atom is 0.335 e. The van der Waals surface area contributed by atoms with Gasteiger partial charge < -0.3 is 20.2 Å². The summed E-state index contributed by atoms with van der Waals surface area (Å²) >= 11 is 0. The zero-order chi connectivity index (χ0) is 17.1. The lowest BCUT2D eigenvalue weighted by Crippen LogP contribution is -2.45. The van der Waals surface area contributed by atoms with Crippen LogP contribution in [0.1, 0.15) is 16.1 Å². The number of nitrogens with zero attached hydrogens (tertiary/aromatic N) is 4. The first-order chi connectivity index (χ1) is 11.5. The molecule has 1 aromatic carbocycles. The number of hydrogen-bond acceptors (Lipinski definition) is 6. The SMILES string of the molecule is Cc1cc(Nc2cccc(C(=O)O)c2)nc(N2CCN(C)CC2)n1. The summed E-state index contributed by atoms with van der Waals surface area (Å²) in [5.41, 5.74) is 1.80. The second-order valence-electron chi connectivity index (χ2n) is 6.00. The summed E-state index contributed by atoms with van der Waals surface area (Å²) in [7, 11) is 2.11. The van der Waals surface area contributed by atoms with Gasteiger partial charge in [0.25, 0.3) is 0 Å². The average Bonchev–Trinajstić information content (AvgIpc) is 2.55. The number of rotatable bonds is 4. The van der Waals surface area contributed by atoms with Gasteiger partial charge in [-0.1, -0.05) is 6.07 Å². The van der Waals surface area contributed by atoms with Crippen molar-refractivity contribution in [2.45, 2.75) is 6.92 Å². The third-order valence-electron chi connectivity index (χ3n) is 4.01. The molecule has 7 heteroatoms. The summed E-state index contributed by atoms with van der Waals surface area (Å²) in [5.74, 6) is 0.426. The standard InChI is InChI=1S/C17H21N5O2/c1-12-10-15(19-14-5-3-4-13(11-14)16(23)24)20-17(18-12)22-8-6-21(2)7-9-22/h3-5,10-11H,6-9H2,1-2H3,(H,23,24)(H,18,19,20). The molecule has 24 heavy (non-hydrogen) atoms. The summed E-state index contributed by atoms with van der Waals surface area (Å²) in [6, 6.07) is 8.54. The predicted molar refractivity (Wildman–Crippen MR) is 93.2 cm³/mol. The van der Waals surface area contributed by atoms with Gasteiger partial charge in [-0.15, -0.1) is 0 Å². The fraction of sp³-hybridized carbons (Fsp3) is 0.353. The Morgan fingerprint density at radius 1 is 1.17 bits per heavy atom. The second-order valence-corrected chi connectivity index (χ2v) is 6.00. The Labute approximate surface area is 141 Å². The Morgan fingerprint density at radius 3 is 2.62 bits per heavy atom. The van der Waals surface area contributed by atoms with E-state index in [0.29, 0.717) is 17.5 Å². The van der Waals surface area contributed by atoms with Crippen LogP contribution in [0.5, 0.6) is 0 Å². The molecule has 2 aromatic rings. The first-order valence-corrected chi connectivity index (χ1v) is 7.91. The zero-order valence-electron chi connectivity index (χ0n) is 13.9. The molecule has 2 N–H and O–H groups in total. The molecule has 0 radical (unpaired) electrons. The highest BCUT2D eigenvalue weighted by Crippen LogP contribution is 2.20. The van der Waals surface area contributed by atoms with E-state index >= 15 is 0 Å². The van der Waals surface area contributed by atoms with Crippen molar-refractivity contribution in [1.29, 1.82) is 0 Å². The summed E-state index contributed by atoms with van der Waals surface area (Å²) < 4.78 is 0. The molecular weight excluding hydrogens is 306 g/mol. The van der Waals surface area contributed by atoms with E-state index in [0.717, 1.165) is 31.9 Å². The zero-order valence-corrected chi connectivity index (χ0v) is 13.9. The number of benzene rings is 1. The number of aryl methyl sites for hydroxylation is 1. The smallest absolute Gasteiger partial charge is 0.335 e. The number of anilines is 3. The Kier molecular flexibility index (Phi) is 4.61. The van der Waals surface area contributed by atoms with Crippen LogP contribution in [-0.2, 0) is 0 Å². The fourth-order valence-corrected chi connectivity index (χ4v) is 2.64. The van der Waals surface area contributed by atoms with Crippen molar-refractivity contribution in [3.05, 3.63) is 41.6 Å². The minimum Gasteiger partial charge on any atom is -0.478 e. The number of carboxylic acids is 1. The molecule has 7 nitrogen and oxygen atoms in total. The van der Waals surface area contributed by atoms with E-state index in [9.17, 15) is 4.79 Å². The summed E-state index contributed by atoms with van der Waals surface area (Å²) in [6.45, 7) is 5.70. The molecule has 2 heterocycles. The van der Waals surface area contributed by atoms with Gasteiger partial charge in [-0.3, -0.25) is 0 Å². The molecule has 1 aliphatic rings. The van der Waals surface area contributed by atoms with E-state index in [1.807, 2.05) is 19.1 Å². The van der Waals surface area contributed by atoms with Crippen LogP contribution in [-0.4, -0.2) is 59.2 Å². The van der Waals surface area contributed by atoms with Gasteiger partial charge in [-0.05, 0) is 32.2 Å². The number of aromatic nitrogens is 2. The van der Waals surface area contributed by atoms with Gasteiger partial charge in [-0.25, -0.2) is 9.78 Å². The van der Waals surface area contributed by atoms with Gasteiger partial charge in [0.15, 0.2) is 0 Å². The van der Waals surface area contributed by atoms with E-state index in [2.05, 4.69) is 32.1 Å². The molecule has 0 aliphatic carbocycles. The highest BCUT2D eigenvalue weighted by molar-refractivity contribution is 5.89. The highest BCUT2D eigenvalue weighted by Gasteiger charge is 2.17. The van der Waals surface area contributed by atoms with Crippen molar-refractivity contribution in [2.75, 3.05) is 43.4 Å². The highest BCUT2D eigenvalue weighted by atomic mass is 16.4. The lowest BCUT2D eigenvalue weighted by molar-refractivity contribution is 0.0697. The first-order valence-electron chi connectivity index (χ1n) is 7.91. The van der Waals surface area contributed by atoms with Crippen LogP contribution in [0.2, 0.25) is 0 Å². The van der Waals surface area contributed by atoms with E-state index in [1.165, 1.54) is 0 Å². The van der Waals surface area contributed by atoms with Crippen LogP contribution < -0.4 is 10.2 Å². The molecule has 0 amide bonds. The minimum absolute atomic E-state index is 0.241. The van der Waals surface area contributed by atoms with Gasteiger partial charge in [0, 0.05) is 43.6 Å². The van der Waals surface area contributed by atoms with Gasteiger partial charge in [-0.2, -0.15) is 4.98 Å². The van der Waals surface area contributed by atoms with Crippen LogP contribution in [0.15, 0.2) is 30.3 Å². The first kappa shape index (κ1) is 16.2. The number of likely N-dealkylation sites (N-methyl/N-ethyl adjacent to an activating group) is 1. The van der Waals surface area contributed by atoms with Gasteiger partial charge >= 0.3 is 5.97 Å². The van der Waals surface area contributed by atoms with Crippen molar-refractivity contribution < 1.29 is 9.90 Å². The Morgan fingerprint density at radius 2 is 1.92 bits per heavy atom. The second kappa shape index (κ2) is 6.84. The third kappa shape index (κ3) is 3.80. The molecule has 1 saturated heterocycles. The maximum absolute atomic E-state index is 11.1. The Balaban J connectivity index is 1.81. The molecule has 0 saturated carbocycles. The quantitative estimate of drug-likeness (QED) is 0.888. The maximum atomic E-state index is 11.1. The Bertz CT molecular complexity index is 742. The summed E-state index contributed by atoms with van der Waals surface area (Å²) in [5, 5.41) is 12.3. The van der Waals surface area contributed by atoms with Crippen molar-refractivity contribution in [1.82, 2.24) is 14.9 Å². The molecular formula is C17H21N5O2. The van der Waals surface area contributed by atoms with E-state index in [4.69, 9.17) is 5.11 Å². The molecule has 0 spiro atoms. The molecule has 126 valence electrons. The molecule has 1 aromatic heterocycles. The molecule has 0 atom stereocenters. The van der Waals surface area contributed by atoms with Gasteiger partial charge in [0.05, 0.1) is 5.56 Å². The van der Waals surface area contributed by atoms with Crippen LogP contribution in [0.25, 0.3) is 0 Å². The number of aromatic carboxylic acids is 1. The fourth-order valence-electron chi connectivity index (χ4n) is 2.64. The number of hydrogen-bond donors (Lipinski definition) is 2. The normalized spacial score (nSPS) is 15.3. The third-order valence-corrected chi connectivity index (χ3v) is 4.01. The van der Waals surface area contributed by atoms with Crippen LogP contribution in [0.4, 0.5) is 17.5 Å². The molecule has 0 unspecified atom stereocenters. The van der Waals surface area contributed by atoms with Crippen molar-refractivity contribution >= 4 is 23.4 Å². The van der Waals surface area contributed by atoms with E-state index in [-0.39, 0.29) is 5.56 Å². The van der Waals surface area contributed by atoms with Gasteiger partial charge in [0.2, 0.25) is 5.95 Å². The molecule has 1 aliphatic heterocycles. The van der Waals surface area contributed by atoms with Crippen molar-refractivity contribution in [3.8, 4) is 0 Å².